The molecule has 1 saturated heterocycles. The lowest BCUT2D eigenvalue weighted by atomic mass is 9.96. The molecule has 26 heavy (non-hydrogen) atoms. The number of benzene rings is 1. The van der Waals surface area contributed by atoms with Crippen molar-refractivity contribution in [1.29, 1.82) is 0 Å². The highest BCUT2D eigenvalue weighted by Gasteiger charge is 2.25. The van der Waals surface area contributed by atoms with Gasteiger partial charge in [-0.2, -0.15) is 0 Å². The highest BCUT2D eigenvalue weighted by molar-refractivity contribution is 5.82. The molecule has 0 aromatic heterocycles. The predicted molar refractivity (Wildman–Crippen MR) is 105 cm³/mol. The molecule has 1 aromatic rings. The lowest BCUT2D eigenvalue weighted by molar-refractivity contribution is -0.128. The normalized spacial score (nSPS) is 18.6. The molecular formula is C20H32N4O2. The molecular weight excluding hydrogens is 328 g/mol. The highest BCUT2D eigenvalue weighted by Crippen LogP contribution is 2.24. The zero-order valence-electron chi connectivity index (χ0n) is 16.6. The highest BCUT2D eigenvalue weighted by atomic mass is 16.5. The van der Waals surface area contributed by atoms with E-state index in [-0.39, 0.29) is 17.4 Å². The van der Waals surface area contributed by atoms with Crippen molar-refractivity contribution in [2.45, 2.75) is 33.8 Å². The molecule has 1 aliphatic heterocycles. The monoisotopic (exact) mass is 360 g/mol. The summed E-state index contributed by atoms with van der Waals surface area (Å²) in [5.41, 5.74) is 2.10. The Morgan fingerprint density at radius 2 is 1.96 bits per heavy atom. The minimum atomic E-state index is -0.368. The first-order valence-corrected chi connectivity index (χ1v) is 9.24. The number of nitrogens with zero attached hydrogens (tertiary/aromatic N) is 2. The molecule has 1 heterocycles. The summed E-state index contributed by atoms with van der Waals surface area (Å²) < 4.78 is 5.98. The maximum absolute atomic E-state index is 11.9. The van der Waals surface area contributed by atoms with Crippen LogP contribution in [0.5, 0.6) is 0 Å². The van der Waals surface area contributed by atoms with Gasteiger partial charge in [-0.1, -0.05) is 45.0 Å². The van der Waals surface area contributed by atoms with Gasteiger partial charge in [0.15, 0.2) is 5.96 Å². The Bertz CT molecular complexity index is 637. The molecule has 6 nitrogen and oxygen atoms in total. The van der Waals surface area contributed by atoms with Crippen molar-refractivity contribution in [1.82, 2.24) is 15.5 Å². The summed E-state index contributed by atoms with van der Waals surface area (Å²) in [6, 6.07) is 8.34. The summed E-state index contributed by atoms with van der Waals surface area (Å²) in [4.78, 5) is 18.5. The van der Waals surface area contributed by atoms with Crippen LogP contribution < -0.4 is 10.6 Å². The van der Waals surface area contributed by atoms with Crippen molar-refractivity contribution in [3.63, 3.8) is 0 Å². The average molecular weight is 361 g/mol. The van der Waals surface area contributed by atoms with Crippen LogP contribution in [0, 0.1) is 12.3 Å². The molecule has 0 spiro atoms. The van der Waals surface area contributed by atoms with Gasteiger partial charge in [0.05, 0.1) is 13.2 Å². The van der Waals surface area contributed by atoms with E-state index < -0.39 is 0 Å². The molecule has 1 aliphatic rings. The van der Waals surface area contributed by atoms with Crippen molar-refractivity contribution in [3.8, 4) is 0 Å². The second-order valence-electron chi connectivity index (χ2n) is 7.64. The third kappa shape index (κ3) is 5.46. The molecule has 2 N–H and O–H groups in total. The van der Waals surface area contributed by atoms with Crippen LogP contribution in [-0.4, -0.2) is 56.6 Å². The second kappa shape index (κ2) is 9.03. The second-order valence-corrected chi connectivity index (χ2v) is 7.64. The van der Waals surface area contributed by atoms with Gasteiger partial charge < -0.3 is 20.3 Å². The molecule has 0 bridgehead atoms. The first-order chi connectivity index (χ1) is 12.3. The Labute approximate surface area is 157 Å². The van der Waals surface area contributed by atoms with Gasteiger partial charge in [-0.15, -0.1) is 0 Å². The Hall–Kier alpha value is -2.08. The van der Waals surface area contributed by atoms with E-state index in [0.29, 0.717) is 19.7 Å². The third-order valence-electron chi connectivity index (χ3n) is 4.49. The first kappa shape index (κ1) is 20.2. The molecule has 144 valence electrons. The number of amides is 1. The van der Waals surface area contributed by atoms with Crippen LogP contribution in [-0.2, 0) is 9.53 Å². The number of hydrogen-bond donors (Lipinski definition) is 2. The van der Waals surface area contributed by atoms with Gasteiger partial charge in [-0.3, -0.25) is 9.79 Å². The van der Waals surface area contributed by atoms with E-state index in [1.807, 2.05) is 26.8 Å². The average Bonchev–Trinajstić information content (AvgIpc) is 2.61. The number of guanidine groups is 1. The van der Waals surface area contributed by atoms with Crippen LogP contribution in [0.25, 0.3) is 0 Å². The first-order valence-electron chi connectivity index (χ1n) is 9.24. The number of carbonyl (C=O) groups excluding carboxylic acids is 1. The minimum absolute atomic E-state index is 0.0455. The number of nitrogens with one attached hydrogen (secondary N) is 2. The Balaban J connectivity index is 1.87. The predicted octanol–water partition coefficient (Wildman–Crippen LogP) is 2.11. The quantitative estimate of drug-likeness (QED) is 0.490. The van der Waals surface area contributed by atoms with Crippen LogP contribution in [0.15, 0.2) is 29.3 Å². The molecule has 1 unspecified atom stereocenters. The fraction of sp³-hybridized carbons (Fsp3) is 0.600. The zero-order chi connectivity index (χ0) is 19.2. The molecule has 0 aliphatic carbocycles. The van der Waals surface area contributed by atoms with Crippen molar-refractivity contribution in [3.05, 3.63) is 35.4 Å². The van der Waals surface area contributed by atoms with Gasteiger partial charge in [-0.05, 0) is 18.1 Å². The Kier molecular flexibility index (Phi) is 7.03. The Morgan fingerprint density at radius 1 is 1.27 bits per heavy atom. The molecule has 1 atom stereocenters. The lowest BCUT2D eigenvalue weighted by Gasteiger charge is -2.35. The van der Waals surface area contributed by atoms with Gasteiger partial charge in [0, 0.05) is 32.1 Å². The maximum atomic E-state index is 11.9. The van der Waals surface area contributed by atoms with Gasteiger partial charge in [-0.25, -0.2) is 0 Å². The number of aliphatic imine (C=N–C) groups is 1. The van der Waals surface area contributed by atoms with Crippen molar-refractivity contribution >= 4 is 11.9 Å². The summed E-state index contributed by atoms with van der Waals surface area (Å²) in [6.07, 6.45) is 0.0455. The summed E-state index contributed by atoms with van der Waals surface area (Å²) in [6.45, 7) is 11.3. The van der Waals surface area contributed by atoms with Crippen LogP contribution >= 0.6 is 0 Å². The molecule has 0 radical (unpaired) electrons. The van der Waals surface area contributed by atoms with E-state index in [2.05, 4.69) is 45.6 Å². The van der Waals surface area contributed by atoms with Crippen molar-refractivity contribution in [2.24, 2.45) is 10.4 Å². The van der Waals surface area contributed by atoms with Crippen LogP contribution in [0.2, 0.25) is 0 Å². The van der Waals surface area contributed by atoms with E-state index >= 15 is 0 Å². The number of carbonyl (C=O) groups is 1. The number of morpholine rings is 1. The smallest absolute Gasteiger partial charge is 0.225 e. The van der Waals surface area contributed by atoms with Crippen molar-refractivity contribution in [2.75, 3.05) is 39.8 Å². The molecule has 1 aromatic carbocycles. The molecule has 6 heteroatoms. The number of hydrogen-bond acceptors (Lipinski definition) is 3. The van der Waals surface area contributed by atoms with E-state index in [9.17, 15) is 4.79 Å². The molecule has 2 rings (SSSR count). The number of aryl methyl sites for hydroxylation is 1. The van der Waals surface area contributed by atoms with Crippen molar-refractivity contribution < 1.29 is 9.53 Å². The van der Waals surface area contributed by atoms with E-state index in [4.69, 9.17) is 4.74 Å². The summed E-state index contributed by atoms with van der Waals surface area (Å²) >= 11 is 0. The van der Waals surface area contributed by atoms with E-state index in [1.165, 1.54) is 11.1 Å². The number of ether oxygens (including phenoxy) is 1. The van der Waals surface area contributed by atoms with Gasteiger partial charge >= 0.3 is 0 Å². The fourth-order valence-electron chi connectivity index (χ4n) is 2.93. The van der Waals surface area contributed by atoms with Gasteiger partial charge in [0.1, 0.15) is 6.10 Å². The SMILES string of the molecule is CN=C(NCCNC(=O)C(C)(C)C)N1CCOC(c2ccccc2C)C1. The van der Waals surface area contributed by atoms with Crippen LogP contribution in [0.1, 0.15) is 38.0 Å². The molecule has 0 saturated carbocycles. The van der Waals surface area contributed by atoms with Gasteiger partial charge in [0.2, 0.25) is 5.91 Å². The fourth-order valence-corrected chi connectivity index (χ4v) is 2.93. The Morgan fingerprint density at radius 3 is 2.62 bits per heavy atom. The number of rotatable bonds is 4. The lowest BCUT2D eigenvalue weighted by Crippen LogP contribution is -2.50. The van der Waals surface area contributed by atoms with E-state index in [0.717, 1.165) is 19.0 Å². The zero-order valence-corrected chi connectivity index (χ0v) is 16.6. The van der Waals surface area contributed by atoms with E-state index in [1.54, 1.807) is 7.05 Å². The maximum Gasteiger partial charge on any atom is 0.225 e. The largest absolute Gasteiger partial charge is 0.370 e. The summed E-state index contributed by atoms with van der Waals surface area (Å²) in [5.74, 6) is 0.900. The van der Waals surface area contributed by atoms with Crippen LogP contribution in [0.4, 0.5) is 0 Å². The third-order valence-corrected chi connectivity index (χ3v) is 4.49. The standard InChI is InChI=1S/C20H32N4O2/c1-15-8-6-7-9-16(15)17-14-24(12-13-26-17)19(21-5)23-11-10-22-18(25)20(2,3)4/h6-9,17H,10-14H2,1-5H3,(H,21,23)(H,22,25). The topological polar surface area (TPSA) is 66.0 Å². The minimum Gasteiger partial charge on any atom is -0.370 e. The summed E-state index contributed by atoms with van der Waals surface area (Å²) in [7, 11) is 1.79. The molecule has 1 fully saturated rings. The summed E-state index contributed by atoms with van der Waals surface area (Å²) in [5, 5.41) is 6.29. The van der Waals surface area contributed by atoms with Crippen LogP contribution in [0.3, 0.4) is 0 Å². The van der Waals surface area contributed by atoms with Gasteiger partial charge in [0.25, 0.3) is 0 Å². The molecule has 1 amide bonds.